The Bertz CT molecular complexity index is 1450. The van der Waals surface area contributed by atoms with E-state index in [1.165, 1.54) is 25.7 Å². The van der Waals surface area contributed by atoms with Crippen LogP contribution in [0.2, 0.25) is 0 Å². The van der Waals surface area contributed by atoms with Gasteiger partial charge in [0.25, 0.3) is 0 Å². The van der Waals surface area contributed by atoms with Crippen LogP contribution in [0.3, 0.4) is 0 Å². The highest BCUT2D eigenvalue weighted by Crippen LogP contribution is 2.46. The molecule has 168 valence electrons. The molecule has 2 aliphatic carbocycles. The summed E-state index contributed by atoms with van der Waals surface area (Å²) in [6.45, 7) is 0. The monoisotopic (exact) mass is 446 g/mol. The van der Waals surface area contributed by atoms with Crippen LogP contribution in [-0.4, -0.2) is 32.0 Å². The van der Waals surface area contributed by atoms with Crippen molar-refractivity contribution in [3.63, 3.8) is 0 Å². The van der Waals surface area contributed by atoms with Crippen LogP contribution in [-0.2, 0) is 0 Å². The second kappa shape index (κ2) is 7.05. The number of nitrogens with zero attached hydrogens (tertiary/aromatic N) is 2. The van der Waals surface area contributed by atoms with Gasteiger partial charge in [0.1, 0.15) is 11.6 Å². The fourth-order valence-electron chi connectivity index (χ4n) is 5.87. The van der Waals surface area contributed by atoms with Gasteiger partial charge in [0.2, 0.25) is 0 Å². The predicted octanol–water partition coefficient (Wildman–Crippen LogP) is 4.20. The molecule has 8 rings (SSSR count). The number of piperidine rings is 2. The summed E-state index contributed by atoms with van der Waals surface area (Å²) in [6, 6.07) is 16.8. The highest BCUT2D eigenvalue weighted by Gasteiger charge is 2.47. The second-order valence-electron chi connectivity index (χ2n) is 10.5. The van der Waals surface area contributed by atoms with E-state index in [4.69, 9.17) is 4.98 Å². The lowest BCUT2D eigenvalue weighted by Gasteiger charge is -2.09. The fourth-order valence-corrected chi connectivity index (χ4v) is 5.87. The molecule has 0 unspecified atom stereocenters. The van der Waals surface area contributed by atoms with Crippen molar-refractivity contribution >= 4 is 11.0 Å². The fraction of sp³-hybridized carbons (Fsp3) is 0.357. The van der Waals surface area contributed by atoms with Crippen LogP contribution in [0.25, 0.3) is 22.3 Å². The molecule has 6 nitrogen and oxygen atoms in total. The summed E-state index contributed by atoms with van der Waals surface area (Å²) < 4.78 is 0. The smallest absolute Gasteiger partial charge is 0.124 e. The second-order valence-corrected chi connectivity index (χ2v) is 10.5. The lowest BCUT2D eigenvalue weighted by atomic mass is 10.1. The normalized spacial score (nSPS) is 30.6. The number of H-pyrrole nitrogens is 2. The molecule has 2 aliphatic heterocycles. The molecule has 6 heteroatoms. The summed E-state index contributed by atoms with van der Waals surface area (Å²) in [4.78, 5) is 16.5. The van der Waals surface area contributed by atoms with E-state index in [9.17, 15) is 0 Å². The minimum Gasteiger partial charge on any atom is -0.341 e. The van der Waals surface area contributed by atoms with Crippen molar-refractivity contribution in [2.24, 2.45) is 11.8 Å². The van der Waals surface area contributed by atoms with Gasteiger partial charge in [-0.2, -0.15) is 0 Å². The number of imidazole rings is 2. The van der Waals surface area contributed by atoms with Crippen LogP contribution in [0.4, 0.5) is 0 Å². The third-order valence-corrected chi connectivity index (χ3v) is 8.06. The molecule has 4 aliphatic rings. The third kappa shape index (κ3) is 3.27. The molecule has 0 spiro atoms. The molecule has 4 N–H and O–H groups in total. The van der Waals surface area contributed by atoms with Gasteiger partial charge in [-0.1, -0.05) is 24.0 Å². The summed E-state index contributed by atoms with van der Waals surface area (Å²) in [5, 5.41) is 7.33. The molecule has 2 saturated carbocycles. The van der Waals surface area contributed by atoms with Crippen LogP contribution in [0.1, 0.15) is 60.5 Å². The van der Waals surface area contributed by atoms with E-state index < -0.39 is 0 Å². The van der Waals surface area contributed by atoms with Gasteiger partial charge in [-0.05, 0) is 73.4 Å². The molecule has 2 aromatic heterocycles. The highest BCUT2D eigenvalue weighted by atomic mass is 15.1. The summed E-state index contributed by atoms with van der Waals surface area (Å²) >= 11 is 0. The van der Waals surface area contributed by atoms with Crippen molar-refractivity contribution in [3.8, 4) is 23.1 Å². The molecule has 4 heterocycles. The molecule has 34 heavy (non-hydrogen) atoms. The van der Waals surface area contributed by atoms with E-state index in [2.05, 4.69) is 79.9 Å². The zero-order valence-corrected chi connectivity index (χ0v) is 18.8. The lowest BCUT2D eigenvalue weighted by Crippen LogP contribution is -2.18. The number of aromatic amines is 2. The quantitative estimate of drug-likeness (QED) is 0.356. The van der Waals surface area contributed by atoms with E-state index in [1.807, 2.05) is 6.20 Å². The molecular formula is C28H26N6. The Hall–Kier alpha value is -3.40. The van der Waals surface area contributed by atoms with Gasteiger partial charge in [0, 0.05) is 23.2 Å². The van der Waals surface area contributed by atoms with Gasteiger partial charge in [0.05, 0.1) is 35.0 Å². The maximum absolute atomic E-state index is 4.80. The molecule has 0 amide bonds. The number of nitrogens with one attached hydrogen (secondary N) is 4. The van der Waals surface area contributed by atoms with Gasteiger partial charge in [-0.3, -0.25) is 0 Å². The molecule has 0 bridgehead atoms. The van der Waals surface area contributed by atoms with E-state index >= 15 is 0 Å². The number of hydrogen-bond acceptors (Lipinski definition) is 4. The zero-order valence-electron chi connectivity index (χ0n) is 18.8. The number of benzene rings is 2. The molecule has 2 aromatic carbocycles. The van der Waals surface area contributed by atoms with E-state index in [0.29, 0.717) is 12.1 Å². The highest BCUT2D eigenvalue weighted by molar-refractivity contribution is 5.77. The third-order valence-electron chi connectivity index (χ3n) is 8.06. The van der Waals surface area contributed by atoms with Crippen molar-refractivity contribution in [2.75, 3.05) is 0 Å². The Morgan fingerprint density at radius 3 is 2.18 bits per heavy atom. The Balaban J connectivity index is 0.983. The van der Waals surface area contributed by atoms with Crippen molar-refractivity contribution in [3.05, 3.63) is 71.4 Å². The topological polar surface area (TPSA) is 81.4 Å². The first-order valence-electron chi connectivity index (χ1n) is 12.4. The first-order chi connectivity index (χ1) is 16.7. The zero-order chi connectivity index (χ0) is 22.2. The summed E-state index contributed by atoms with van der Waals surface area (Å²) in [7, 11) is 0. The number of hydrogen-bond donors (Lipinski definition) is 4. The van der Waals surface area contributed by atoms with Gasteiger partial charge in [0.15, 0.2) is 0 Å². The first kappa shape index (κ1) is 19.0. The summed E-state index contributed by atoms with van der Waals surface area (Å²) in [6.07, 6.45) is 7.02. The van der Waals surface area contributed by atoms with Crippen LogP contribution < -0.4 is 10.6 Å². The van der Waals surface area contributed by atoms with Gasteiger partial charge < -0.3 is 20.6 Å². The standard InChI is InChI=1S/C28H26N6/c1(2-16-5-8-20-23(9-16)33-28(32-20)25-13-19-11-22(19)31-25)15-3-6-17(7-4-15)26-14-29-27(34-26)24-12-18-10-21(18)30-24/h3-9,14,18-19,21-22,24-25,30-31H,10-13H2,(H,29,34)(H,32,33)/t18-,19-,21-,22-,24+,25+/m1/s1. The molecule has 2 saturated heterocycles. The SMILES string of the molecule is C(#Cc1ccc2nc([C@@H]3C[C@H]4C[C@H]4N3)[nH]c2c1)c1ccc(-c2cnc([C@@H]3C[C@H]4C[C@H]4N3)[nH]2)cc1. The van der Waals surface area contributed by atoms with E-state index in [-0.39, 0.29) is 0 Å². The van der Waals surface area contributed by atoms with Gasteiger partial charge >= 0.3 is 0 Å². The maximum atomic E-state index is 4.80. The van der Waals surface area contributed by atoms with Crippen molar-refractivity contribution in [1.82, 2.24) is 30.6 Å². The number of rotatable bonds is 3. The minimum atomic E-state index is 0.371. The molecule has 4 aromatic rings. The van der Waals surface area contributed by atoms with Gasteiger partial charge in [-0.15, -0.1) is 0 Å². The Kier molecular flexibility index (Phi) is 3.93. The average molecular weight is 447 g/mol. The van der Waals surface area contributed by atoms with E-state index in [1.54, 1.807) is 0 Å². The first-order valence-corrected chi connectivity index (χ1v) is 12.4. The van der Waals surface area contributed by atoms with Crippen LogP contribution in [0.15, 0.2) is 48.7 Å². The van der Waals surface area contributed by atoms with E-state index in [0.717, 1.165) is 69.0 Å². The largest absolute Gasteiger partial charge is 0.341 e. The van der Waals surface area contributed by atoms with Crippen LogP contribution >= 0.6 is 0 Å². The van der Waals surface area contributed by atoms with Crippen molar-refractivity contribution in [1.29, 1.82) is 0 Å². The maximum Gasteiger partial charge on any atom is 0.124 e. The van der Waals surface area contributed by atoms with Crippen molar-refractivity contribution in [2.45, 2.75) is 49.9 Å². The lowest BCUT2D eigenvalue weighted by molar-refractivity contribution is 0.543. The van der Waals surface area contributed by atoms with Gasteiger partial charge in [-0.25, -0.2) is 9.97 Å². The minimum absolute atomic E-state index is 0.371. The molecule has 4 fully saturated rings. The molecule has 0 radical (unpaired) electrons. The summed E-state index contributed by atoms with van der Waals surface area (Å²) in [5.41, 5.74) is 6.26. The van der Waals surface area contributed by atoms with Crippen LogP contribution in [0, 0.1) is 23.7 Å². The molecule has 6 atom stereocenters. The Labute approximate surface area is 198 Å². The number of fused-ring (bicyclic) bond motifs is 3. The number of aromatic nitrogens is 4. The van der Waals surface area contributed by atoms with Crippen molar-refractivity contribution < 1.29 is 0 Å². The Morgan fingerprint density at radius 1 is 0.735 bits per heavy atom. The average Bonchev–Trinajstić information content (AvgIpc) is 3.46. The summed E-state index contributed by atoms with van der Waals surface area (Å²) in [5.74, 6) is 10.5. The Morgan fingerprint density at radius 2 is 1.44 bits per heavy atom. The molecular weight excluding hydrogens is 420 g/mol. The van der Waals surface area contributed by atoms with Crippen LogP contribution in [0.5, 0.6) is 0 Å². The predicted molar refractivity (Wildman–Crippen MR) is 131 cm³/mol.